The Morgan fingerprint density at radius 3 is 1.23 bits per heavy atom. The highest BCUT2D eigenvalue weighted by Gasteiger charge is 2.48. The third kappa shape index (κ3) is 26.7. The number of ether oxygens (including phenoxy) is 2. The number of piperidine rings is 2. The summed E-state index contributed by atoms with van der Waals surface area (Å²) in [4.78, 5) is 162. The van der Waals surface area contributed by atoms with E-state index in [1.807, 2.05) is 71.6 Å². The number of benzene rings is 8. The number of carbonyl (C=O) groups excluding carboxylic acids is 11. The van der Waals surface area contributed by atoms with E-state index < -0.39 is 82.7 Å². The zero-order valence-electron chi connectivity index (χ0n) is 80.8. The molecule has 6 saturated heterocycles. The lowest BCUT2D eigenvalue weighted by Gasteiger charge is -2.36. The van der Waals surface area contributed by atoms with E-state index >= 15 is 0 Å². The molecule has 6 fully saturated rings. The largest absolute Gasteiger partial charge is 0.480 e. The number of aromatic nitrogens is 4. The van der Waals surface area contributed by atoms with Crippen molar-refractivity contribution < 1.29 is 89.7 Å². The first kappa shape index (κ1) is 103. The minimum atomic E-state index is -1.00. The number of nitrogens with two attached hydrogens (primary N) is 1. The van der Waals surface area contributed by atoms with Crippen LogP contribution in [-0.2, 0) is 51.1 Å². The van der Waals surface area contributed by atoms with E-state index in [1.54, 1.807) is 42.5 Å². The van der Waals surface area contributed by atoms with Gasteiger partial charge in [0.05, 0.1) is 57.5 Å². The van der Waals surface area contributed by atoms with Gasteiger partial charge >= 0.3 is 5.97 Å². The molecule has 18 rings (SSSR count). The maximum absolute atomic E-state index is 14.0. The van der Waals surface area contributed by atoms with Crippen LogP contribution < -0.4 is 63.4 Å². The van der Waals surface area contributed by atoms with Gasteiger partial charge in [0, 0.05) is 180 Å². The maximum atomic E-state index is 14.0. The standard InChI is InChI=1S/C53H60F2N10O7.C32H34F2N6O4.C21H28N4O4/c54-35-27-34(28-36(55)30-35)26-33-10-13-42-41(29-33)49(62-61-42)60-50(68)39-12-11-38(31-44(39)58-37-16-24-72-25-17-37)64-22-20-63(21-23-64)32-47(67)57-19-6-4-2-1-3-5-18-56-43-9-7-8-40-48(43)53(71)65(52(40)70)45-14-15-46(66)59-51(45)69;33-22-14-21(15-23(34)17-22)13-20-1-4-28-27(16-20)31(38-37-28)36-32(43)26-3-2-25(18-29(26)35-24-5-11-44-12-6-24)40-9-7-39(8-10-40)19-30(41)42;22-12-5-3-1-2-4-6-13-23-15-9-7-8-14-18(15)21(29)25(20(14)28)16-10-11-17(26)24-19(16)27/h7-13,27-31,37,45,56,58H,1-6,14-26,32H2,(H,57,67)(H,59,66,69)(H2,60,61,62,68);1-4,14-18,24,35H,5-13,19H2,(H,41,42)(H2,36,37,38,43);7-9,16,23H,1-6,10-13,22H2,(H,24,26,27). The lowest BCUT2D eigenvalue weighted by molar-refractivity contribution is -0.139. The number of carboxylic acids is 1. The van der Waals surface area contributed by atoms with Gasteiger partial charge in [-0.25, -0.2) is 17.6 Å². The van der Waals surface area contributed by atoms with Crippen molar-refractivity contribution in [1.29, 1.82) is 0 Å². The van der Waals surface area contributed by atoms with Crippen molar-refractivity contribution in [1.82, 2.24) is 55.9 Å². The van der Waals surface area contributed by atoms with Gasteiger partial charge in [-0.2, -0.15) is 10.2 Å². The lowest BCUT2D eigenvalue weighted by atomic mass is 10.0. The van der Waals surface area contributed by atoms with Crippen molar-refractivity contribution in [2.75, 3.05) is 160 Å². The van der Waals surface area contributed by atoms with Crippen LogP contribution in [0.15, 0.2) is 146 Å². The van der Waals surface area contributed by atoms with Gasteiger partial charge in [0.25, 0.3) is 35.4 Å². The normalized spacial score (nSPS) is 17.4. The zero-order valence-corrected chi connectivity index (χ0v) is 80.8. The van der Waals surface area contributed by atoms with E-state index in [4.69, 9.17) is 20.3 Å². The molecule has 0 spiro atoms. The molecule has 8 aliphatic heterocycles. The van der Waals surface area contributed by atoms with Gasteiger partial charge < -0.3 is 67.3 Å². The van der Waals surface area contributed by atoms with Crippen molar-refractivity contribution >= 4 is 139 Å². The molecular formula is C106H122F4N20O15. The number of carboxylic acid groups (broad SMARTS) is 1. The minimum Gasteiger partial charge on any atom is -0.480 e. The number of imide groups is 4. The average Bonchev–Trinajstić information content (AvgIpc) is 1.60. The molecule has 2 aromatic heterocycles. The maximum Gasteiger partial charge on any atom is 0.317 e. The van der Waals surface area contributed by atoms with Crippen LogP contribution in [0, 0.1) is 23.3 Å². The Bertz CT molecular complexity index is 6390. The molecule has 2 atom stereocenters. The molecule has 11 amide bonds. The molecule has 8 aliphatic rings. The van der Waals surface area contributed by atoms with Crippen molar-refractivity contribution in [2.45, 2.75) is 165 Å². The Morgan fingerprint density at radius 1 is 0.421 bits per heavy atom. The number of amides is 11. The van der Waals surface area contributed by atoms with Crippen LogP contribution in [0.4, 0.5) is 63.3 Å². The monoisotopic (exact) mass is 1990 g/mol. The second-order valence-electron chi connectivity index (χ2n) is 37.7. The van der Waals surface area contributed by atoms with Crippen molar-refractivity contribution in [2.24, 2.45) is 5.73 Å². The second-order valence-corrected chi connectivity index (χ2v) is 37.7. The van der Waals surface area contributed by atoms with Gasteiger partial charge in [0.1, 0.15) is 35.4 Å². The molecule has 0 saturated carbocycles. The zero-order chi connectivity index (χ0) is 102. The van der Waals surface area contributed by atoms with Gasteiger partial charge in [0.2, 0.25) is 29.5 Å². The third-order valence-corrected chi connectivity index (χ3v) is 27.4. The van der Waals surface area contributed by atoms with Gasteiger partial charge in [0.15, 0.2) is 11.6 Å². The fraction of sp³-hybridized carbons (Fsp3) is 0.415. The molecule has 10 heterocycles. The first-order chi connectivity index (χ1) is 70.3. The summed E-state index contributed by atoms with van der Waals surface area (Å²) in [6, 6.07) is 38.0. The smallest absolute Gasteiger partial charge is 0.317 e. The summed E-state index contributed by atoms with van der Waals surface area (Å²) in [5, 5.41) is 52.3. The Morgan fingerprint density at radius 2 is 0.821 bits per heavy atom. The van der Waals surface area contributed by atoms with Crippen LogP contribution in [-0.4, -0.2) is 258 Å². The van der Waals surface area contributed by atoms with E-state index in [2.05, 4.69) is 82.9 Å². The number of aromatic amines is 2. The number of rotatable bonds is 39. The number of hydrogen-bond donors (Lipinski definition) is 13. The molecule has 14 N–H and O–H groups in total. The number of halogens is 4. The Balaban J connectivity index is 0.000000174. The highest BCUT2D eigenvalue weighted by Crippen LogP contribution is 2.38. The molecule has 0 bridgehead atoms. The molecule has 0 radical (unpaired) electrons. The Kier molecular flexibility index (Phi) is 35.0. The molecule has 0 aliphatic carbocycles. The predicted octanol–water partition coefficient (Wildman–Crippen LogP) is 12.6. The van der Waals surface area contributed by atoms with E-state index in [1.165, 1.54) is 30.7 Å². The summed E-state index contributed by atoms with van der Waals surface area (Å²) in [5.74, 6) is -7.37. The van der Waals surface area contributed by atoms with Crippen molar-refractivity contribution in [3.63, 3.8) is 0 Å². The number of piperazine rings is 2. The van der Waals surface area contributed by atoms with Gasteiger partial charge in [-0.3, -0.25) is 98.0 Å². The third-order valence-electron chi connectivity index (χ3n) is 27.4. The highest BCUT2D eigenvalue weighted by molar-refractivity contribution is 6.27. The number of nitrogens with one attached hydrogen (secondary N) is 11. The number of anilines is 8. The molecule has 764 valence electrons. The Hall–Kier alpha value is -14.5. The van der Waals surface area contributed by atoms with Crippen LogP contribution >= 0.6 is 0 Å². The summed E-state index contributed by atoms with van der Waals surface area (Å²) < 4.78 is 66.4. The summed E-state index contributed by atoms with van der Waals surface area (Å²) in [6.45, 7) is 11.0. The van der Waals surface area contributed by atoms with Gasteiger partial charge in [-0.1, -0.05) is 75.6 Å². The van der Waals surface area contributed by atoms with E-state index in [9.17, 15) is 75.1 Å². The number of carbonyl (C=O) groups is 12. The Labute approximate surface area is 835 Å². The fourth-order valence-electron chi connectivity index (χ4n) is 19.7. The molecule has 39 heteroatoms. The van der Waals surface area contributed by atoms with E-state index in [0.717, 1.165) is 147 Å². The van der Waals surface area contributed by atoms with Gasteiger partial charge in [-0.05, 0) is 215 Å². The molecular weight excluding hydrogens is 1870 g/mol. The number of H-pyrrole nitrogens is 2. The summed E-state index contributed by atoms with van der Waals surface area (Å²) in [5.41, 5.74) is 16.1. The first-order valence-electron chi connectivity index (χ1n) is 50.1. The molecule has 8 aromatic carbocycles. The van der Waals surface area contributed by atoms with E-state index in [-0.39, 0.29) is 79.1 Å². The average molecular weight is 1990 g/mol. The topological polar surface area (TPSA) is 455 Å². The fourth-order valence-corrected chi connectivity index (χ4v) is 19.7. The predicted molar refractivity (Wildman–Crippen MR) is 540 cm³/mol. The molecule has 10 aromatic rings. The van der Waals surface area contributed by atoms with Crippen molar-refractivity contribution in [3.05, 3.63) is 224 Å². The molecule has 145 heavy (non-hydrogen) atoms. The minimum absolute atomic E-state index is 0.00327. The number of hydrogen-bond acceptors (Lipinski definition) is 25. The van der Waals surface area contributed by atoms with Gasteiger partial charge in [-0.15, -0.1) is 0 Å². The first-order valence-corrected chi connectivity index (χ1v) is 50.1. The van der Waals surface area contributed by atoms with Crippen LogP contribution in [0.3, 0.4) is 0 Å². The number of nitrogens with zero attached hydrogens (tertiary/aromatic N) is 8. The summed E-state index contributed by atoms with van der Waals surface area (Å²) in [7, 11) is 0. The number of fused-ring (bicyclic) bond motifs is 4. The van der Waals surface area contributed by atoms with Crippen molar-refractivity contribution in [3.8, 4) is 0 Å². The SMILES string of the molecule is NCCCCCCCCNc1cccc2c1C(=O)N(C1CCC(=O)NC1=O)C2=O.O=C(CN1CCN(c2ccc(C(=O)Nc3n[nH]c4ccc(Cc5cc(F)cc(F)c5)cc34)c(NC3CCOCC3)c2)CC1)NCCCCCCCCNc1cccc2c1C(=O)N(C1CCC(=O)NC1=O)C2=O.O=C(O)CN1CCN(c2ccc(C(=O)Nc3n[nH]c4ccc(Cc5cc(F)cc(F)c5)cc34)c(NC3CCOCC3)c2)CC1. The van der Waals surface area contributed by atoms with Crippen LogP contribution in [0.1, 0.15) is 213 Å². The quantitative estimate of drug-likeness (QED) is 0.00966. The molecule has 2 unspecified atom stereocenters. The second kappa shape index (κ2) is 49.2. The van der Waals surface area contributed by atoms with E-state index in [0.29, 0.717) is 207 Å². The summed E-state index contributed by atoms with van der Waals surface area (Å²) in [6.07, 6.45) is 16.7. The number of unbranched alkanes of at least 4 members (excludes halogenated alkanes) is 10. The molecule has 35 nitrogen and oxygen atoms in total. The summed E-state index contributed by atoms with van der Waals surface area (Å²) >= 11 is 0. The lowest BCUT2D eigenvalue weighted by Crippen LogP contribution is -2.54. The van der Waals surface area contributed by atoms with Crippen LogP contribution in [0.5, 0.6) is 0 Å². The highest BCUT2D eigenvalue weighted by atomic mass is 19.1. The number of aliphatic carboxylic acids is 1. The van der Waals surface area contributed by atoms with Crippen LogP contribution in [0.25, 0.3) is 21.8 Å². The van der Waals surface area contributed by atoms with Crippen LogP contribution in [0.2, 0.25) is 0 Å².